The fourth-order valence-corrected chi connectivity index (χ4v) is 4.87. The van der Waals surface area contributed by atoms with Crippen LogP contribution in [0, 0.1) is 0 Å². The van der Waals surface area contributed by atoms with E-state index >= 15 is 0 Å². The fraction of sp³-hybridized carbons (Fsp3) is 0.792. The summed E-state index contributed by atoms with van der Waals surface area (Å²) < 4.78 is 17.1. The molecule has 206 valence electrons. The van der Waals surface area contributed by atoms with Crippen LogP contribution in [-0.4, -0.2) is 96.3 Å². The molecule has 0 aliphatic carbocycles. The highest BCUT2D eigenvalue weighted by atomic mass is 16.6. The number of likely N-dealkylation sites (tertiary alicyclic amines) is 1. The lowest BCUT2D eigenvalue weighted by atomic mass is 10.0. The number of nitrogens with zero attached hydrogens (tertiary/aromatic N) is 6. The lowest BCUT2D eigenvalue weighted by Gasteiger charge is -2.38. The summed E-state index contributed by atoms with van der Waals surface area (Å²) in [5, 5.41) is 19.0. The third-order valence-electron chi connectivity index (χ3n) is 6.60. The number of piperidine rings is 2. The first-order valence-electron chi connectivity index (χ1n) is 12.8. The van der Waals surface area contributed by atoms with E-state index in [-0.39, 0.29) is 36.5 Å². The molecule has 0 radical (unpaired) electrons. The first-order chi connectivity index (χ1) is 17.2. The van der Waals surface area contributed by atoms with Gasteiger partial charge in [0.25, 0.3) is 0 Å². The van der Waals surface area contributed by atoms with Crippen molar-refractivity contribution in [2.75, 3.05) is 19.6 Å². The quantitative estimate of drug-likeness (QED) is 0.588. The molecule has 1 aromatic rings. The molecule has 2 bridgehead atoms. The van der Waals surface area contributed by atoms with Gasteiger partial charge < -0.3 is 23.7 Å². The Kier molecular flexibility index (Phi) is 7.28. The summed E-state index contributed by atoms with van der Waals surface area (Å²) in [4.78, 5) is 42.7. The molecule has 3 aliphatic heterocycles. The molecule has 0 aromatic carbocycles. The van der Waals surface area contributed by atoms with E-state index in [2.05, 4.69) is 10.2 Å². The molecule has 37 heavy (non-hydrogen) atoms. The first kappa shape index (κ1) is 27.0. The number of carbonyl (C=O) groups is 3. The molecule has 0 saturated carbocycles. The zero-order valence-corrected chi connectivity index (χ0v) is 22.5. The Bertz CT molecular complexity index is 1010. The second-order valence-corrected chi connectivity index (χ2v) is 11.9. The first-order valence-corrected chi connectivity index (χ1v) is 12.8. The van der Waals surface area contributed by atoms with E-state index in [1.54, 1.807) is 30.6 Å². The largest absolute Gasteiger partial charge is 0.444 e. The van der Waals surface area contributed by atoms with Crippen LogP contribution < -0.4 is 0 Å². The Morgan fingerprint density at radius 2 is 1.68 bits per heavy atom. The minimum Gasteiger partial charge on any atom is -0.444 e. The third-order valence-corrected chi connectivity index (χ3v) is 6.60. The molecule has 1 aromatic heterocycles. The Morgan fingerprint density at radius 3 is 2.30 bits per heavy atom. The van der Waals surface area contributed by atoms with Gasteiger partial charge in [0, 0.05) is 25.7 Å². The molecule has 0 unspecified atom stereocenters. The van der Waals surface area contributed by atoms with Gasteiger partial charge in [-0.05, 0) is 67.2 Å². The van der Waals surface area contributed by atoms with E-state index in [4.69, 9.17) is 13.9 Å². The smallest absolute Gasteiger partial charge is 0.411 e. The predicted molar refractivity (Wildman–Crippen MR) is 128 cm³/mol. The van der Waals surface area contributed by atoms with Gasteiger partial charge in [-0.3, -0.25) is 10.1 Å². The maximum atomic E-state index is 13.2. The number of fused-ring (bicyclic) bond motifs is 2. The monoisotopic (exact) mass is 522 g/mol. The van der Waals surface area contributed by atoms with E-state index in [1.165, 1.54) is 4.90 Å². The van der Waals surface area contributed by atoms with E-state index in [0.29, 0.717) is 45.3 Å². The molecular formula is C24H38N6O7. The van der Waals surface area contributed by atoms with Crippen molar-refractivity contribution in [1.82, 2.24) is 30.0 Å². The average Bonchev–Trinajstić information content (AvgIpc) is 3.35. The Hall–Kier alpha value is -3.09. The highest BCUT2D eigenvalue weighted by Crippen LogP contribution is 2.37. The fourth-order valence-electron chi connectivity index (χ4n) is 4.87. The van der Waals surface area contributed by atoms with Crippen molar-refractivity contribution in [3.8, 4) is 0 Å². The van der Waals surface area contributed by atoms with Gasteiger partial charge in [-0.1, -0.05) is 0 Å². The van der Waals surface area contributed by atoms with Gasteiger partial charge in [0.1, 0.15) is 23.8 Å². The van der Waals surface area contributed by atoms with E-state index in [0.717, 1.165) is 5.06 Å². The number of ether oxygens (including phenoxy) is 2. The van der Waals surface area contributed by atoms with Gasteiger partial charge in [0.2, 0.25) is 11.8 Å². The van der Waals surface area contributed by atoms with Crippen LogP contribution in [0.15, 0.2) is 4.42 Å². The van der Waals surface area contributed by atoms with Crippen molar-refractivity contribution < 1.29 is 33.5 Å². The molecule has 4 heterocycles. The normalized spacial score (nSPS) is 22.9. The highest BCUT2D eigenvalue weighted by molar-refractivity contribution is 5.76. The van der Waals surface area contributed by atoms with Gasteiger partial charge >= 0.3 is 18.2 Å². The van der Waals surface area contributed by atoms with Crippen LogP contribution in [0.2, 0.25) is 0 Å². The van der Waals surface area contributed by atoms with Gasteiger partial charge in [-0.2, -0.15) is 0 Å². The SMILES string of the molecule is CC(C)(C)OC(=O)N1CCC(N(Cc2nnc([C@@H]3CC[C@@H]4CN3C(=O)N4O)o2)C(=O)OC(C)(C)C)CC1. The standard InChI is InChI=1S/C24H38N6O7/c1-23(2,3)36-21(32)27-11-9-15(10-12-27)28(22(33)37-24(4,5)6)14-18-25-26-19(35-18)17-8-7-16-13-29(17)20(31)30(16)34/h15-17,34H,7-14H2,1-6H3/t16-,17+/m1/s1. The third kappa shape index (κ3) is 6.25. The molecule has 2 atom stereocenters. The molecule has 4 amide bonds. The number of hydrogen-bond acceptors (Lipinski definition) is 9. The molecule has 4 rings (SSSR count). The van der Waals surface area contributed by atoms with Crippen molar-refractivity contribution >= 4 is 18.2 Å². The molecule has 13 heteroatoms. The zero-order chi connectivity index (χ0) is 27.1. The van der Waals surface area contributed by atoms with Crippen molar-refractivity contribution in [3.63, 3.8) is 0 Å². The minimum atomic E-state index is -0.697. The molecule has 3 aliphatic rings. The summed E-state index contributed by atoms with van der Waals surface area (Å²) >= 11 is 0. The number of hydrogen-bond donors (Lipinski definition) is 1. The van der Waals surface area contributed by atoms with Crippen molar-refractivity contribution in [3.05, 3.63) is 11.8 Å². The van der Waals surface area contributed by atoms with Crippen molar-refractivity contribution in [2.45, 2.75) is 103 Å². The van der Waals surface area contributed by atoms with E-state index < -0.39 is 29.4 Å². The number of carbonyl (C=O) groups excluding carboxylic acids is 3. The van der Waals surface area contributed by atoms with Gasteiger partial charge in [-0.25, -0.2) is 19.4 Å². The number of aromatic nitrogens is 2. The van der Waals surface area contributed by atoms with Crippen LogP contribution in [0.3, 0.4) is 0 Å². The number of amides is 4. The van der Waals surface area contributed by atoms with Crippen LogP contribution in [-0.2, 0) is 16.0 Å². The van der Waals surface area contributed by atoms with Crippen molar-refractivity contribution in [1.29, 1.82) is 0 Å². The zero-order valence-electron chi connectivity index (χ0n) is 22.5. The second kappa shape index (κ2) is 9.99. The van der Waals surface area contributed by atoms with Crippen molar-refractivity contribution in [2.24, 2.45) is 0 Å². The van der Waals surface area contributed by atoms with Crippen LogP contribution in [0.1, 0.15) is 85.0 Å². The van der Waals surface area contributed by atoms with Crippen LogP contribution in [0.4, 0.5) is 14.4 Å². The molecule has 1 N–H and O–H groups in total. The predicted octanol–water partition coefficient (Wildman–Crippen LogP) is 3.54. The number of rotatable bonds is 4. The second-order valence-electron chi connectivity index (χ2n) is 11.9. The van der Waals surface area contributed by atoms with Gasteiger partial charge in [0.15, 0.2) is 0 Å². The van der Waals surface area contributed by atoms with Crippen LogP contribution in [0.25, 0.3) is 0 Å². The van der Waals surface area contributed by atoms with Crippen LogP contribution in [0.5, 0.6) is 0 Å². The topological polar surface area (TPSA) is 142 Å². The maximum absolute atomic E-state index is 13.2. The number of hydroxylamine groups is 2. The highest BCUT2D eigenvalue weighted by Gasteiger charge is 2.46. The maximum Gasteiger partial charge on any atom is 0.411 e. The average molecular weight is 523 g/mol. The Morgan fingerprint density at radius 1 is 1.03 bits per heavy atom. The summed E-state index contributed by atoms with van der Waals surface area (Å²) in [7, 11) is 0. The molecule has 0 spiro atoms. The molecule has 3 saturated heterocycles. The van der Waals surface area contributed by atoms with Gasteiger partial charge in [0.05, 0.1) is 6.04 Å². The molecule has 13 nitrogen and oxygen atoms in total. The lowest BCUT2D eigenvalue weighted by molar-refractivity contribution is -0.0584. The summed E-state index contributed by atoms with van der Waals surface area (Å²) in [6.07, 6.45) is 1.42. The van der Waals surface area contributed by atoms with E-state index in [1.807, 2.05) is 20.8 Å². The summed E-state index contributed by atoms with van der Waals surface area (Å²) in [5.74, 6) is 0.506. The Balaban J connectivity index is 1.45. The Labute approximate surface area is 216 Å². The molecule has 3 fully saturated rings. The molecular weight excluding hydrogens is 484 g/mol. The van der Waals surface area contributed by atoms with E-state index in [9.17, 15) is 19.6 Å². The summed E-state index contributed by atoms with van der Waals surface area (Å²) in [6, 6.07) is -1.32. The summed E-state index contributed by atoms with van der Waals surface area (Å²) in [5.41, 5.74) is -1.28. The minimum absolute atomic E-state index is 0.0361. The van der Waals surface area contributed by atoms with Crippen LogP contribution >= 0.6 is 0 Å². The lowest BCUT2D eigenvalue weighted by Crippen LogP contribution is -2.50. The van der Waals surface area contributed by atoms with Gasteiger partial charge in [-0.15, -0.1) is 10.2 Å². The summed E-state index contributed by atoms with van der Waals surface area (Å²) in [6.45, 7) is 12.2. The number of urea groups is 1.